The molecule has 1 aromatic heterocycles. The lowest BCUT2D eigenvalue weighted by Crippen LogP contribution is -2.40. The smallest absolute Gasteiger partial charge is 0.272 e. The first-order valence-corrected chi connectivity index (χ1v) is 16.4. The molecule has 232 valence electrons. The second-order valence-corrected chi connectivity index (χ2v) is 12.8. The van der Waals surface area contributed by atoms with Crippen molar-refractivity contribution in [2.24, 2.45) is 11.8 Å². The van der Waals surface area contributed by atoms with Crippen molar-refractivity contribution in [3.05, 3.63) is 94.8 Å². The summed E-state index contributed by atoms with van der Waals surface area (Å²) >= 11 is 0. The average Bonchev–Trinajstić information content (AvgIpc) is 3.64. The maximum atomic E-state index is 13.2. The number of carbonyl (C=O) groups is 3. The fourth-order valence-corrected chi connectivity index (χ4v) is 6.91. The number of nitriles is 1. The van der Waals surface area contributed by atoms with E-state index >= 15 is 0 Å². The van der Waals surface area contributed by atoms with E-state index in [2.05, 4.69) is 33.0 Å². The highest BCUT2D eigenvalue weighted by atomic mass is 16.2. The van der Waals surface area contributed by atoms with Crippen molar-refractivity contribution in [1.82, 2.24) is 14.8 Å². The molecule has 0 radical (unpaired) electrons. The van der Waals surface area contributed by atoms with Crippen molar-refractivity contribution < 1.29 is 14.4 Å². The number of Topliss-reactive ketones (excluding diaryl/α,β-unsaturated/α-hetero) is 2. The number of nitrogens with zero attached hydrogens (tertiary/aromatic N) is 5. The Kier molecular flexibility index (Phi) is 9.66. The number of piperidine rings is 2. The van der Waals surface area contributed by atoms with Crippen LogP contribution in [-0.4, -0.2) is 71.5 Å². The summed E-state index contributed by atoms with van der Waals surface area (Å²) in [5.41, 5.74) is 4.68. The van der Waals surface area contributed by atoms with Crippen LogP contribution in [0.4, 0.5) is 5.69 Å². The molecule has 4 heterocycles. The van der Waals surface area contributed by atoms with Gasteiger partial charge in [-0.25, -0.2) is 0 Å². The van der Waals surface area contributed by atoms with Crippen LogP contribution in [0.25, 0.3) is 0 Å². The van der Waals surface area contributed by atoms with Gasteiger partial charge in [0.15, 0.2) is 11.6 Å². The lowest BCUT2D eigenvalue weighted by molar-refractivity contribution is 0.0645. The van der Waals surface area contributed by atoms with Crippen LogP contribution < -0.4 is 4.90 Å². The normalized spacial score (nSPS) is 18.1. The van der Waals surface area contributed by atoms with Gasteiger partial charge in [-0.3, -0.25) is 24.3 Å². The molecule has 0 atom stereocenters. The van der Waals surface area contributed by atoms with Gasteiger partial charge in [-0.15, -0.1) is 0 Å². The fraction of sp³-hybridized carbons (Fsp3) is 0.432. The lowest BCUT2D eigenvalue weighted by atomic mass is 9.88. The molecule has 1 amide bonds. The Morgan fingerprint density at radius 1 is 0.778 bits per heavy atom. The van der Waals surface area contributed by atoms with Gasteiger partial charge in [-0.2, -0.15) is 5.26 Å². The SMILES string of the molecule is N#Cc1ccc(CN2CCC(CC(=O)c3ccc(C(=O)N4CCC(C(=O)c5ccc(N6CCCC6)cc5)CC4)nc3)CC2)cc1. The number of aromatic nitrogens is 1. The lowest BCUT2D eigenvalue weighted by Gasteiger charge is -2.31. The predicted octanol–water partition coefficient (Wildman–Crippen LogP) is 5.77. The van der Waals surface area contributed by atoms with Gasteiger partial charge in [-0.05, 0) is 112 Å². The van der Waals surface area contributed by atoms with Gasteiger partial charge in [0.05, 0.1) is 11.6 Å². The van der Waals surface area contributed by atoms with E-state index in [1.807, 2.05) is 36.4 Å². The zero-order chi connectivity index (χ0) is 31.2. The molecule has 3 saturated heterocycles. The number of anilines is 1. The number of hydrogen-bond donors (Lipinski definition) is 0. The van der Waals surface area contributed by atoms with Crippen LogP contribution in [-0.2, 0) is 6.54 Å². The predicted molar refractivity (Wildman–Crippen MR) is 173 cm³/mol. The summed E-state index contributed by atoms with van der Waals surface area (Å²) in [6, 6.07) is 21.3. The van der Waals surface area contributed by atoms with E-state index in [-0.39, 0.29) is 23.4 Å². The Morgan fingerprint density at radius 3 is 2.07 bits per heavy atom. The van der Waals surface area contributed by atoms with Crippen molar-refractivity contribution in [3.8, 4) is 6.07 Å². The molecule has 0 unspecified atom stereocenters. The van der Waals surface area contributed by atoms with E-state index in [4.69, 9.17) is 5.26 Å². The number of likely N-dealkylation sites (tertiary alicyclic amines) is 2. The molecule has 0 N–H and O–H groups in total. The highest BCUT2D eigenvalue weighted by Crippen LogP contribution is 2.27. The fourth-order valence-electron chi connectivity index (χ4n) is 6.91. The summed E-state index contributed by atoms with van der Waals surface area (Å²) in [6.45, 7) is 5.94. The van der Waals surface area contributed by atoms with Gasteiger partial charge in [-0.1, -0.05) is 12.1 Å². The summed E-state index contributed by atoms with van der Waals surface area (Å²) in [7, 11) is 0. The number of pyridine rings is 1. The van der Waals surface area contributed by atoms with E-state index in [1.54, 1.807) is 17.0 Å². The van der Waals surface area contributed by atoms with Crippen molar-refractivity contribution in [3.63, 3.8) is 0 Å². The van der Waals surface area contributed by atoms with Crippen LogP contribution in [0, 0.1) is 23.2 Å². The highest BCUT2D eigenvalue weighted by Gasteiger charge is 2.29. The summed E-state index contributed by atoms with van der Waals surface area (Å²) < 4.78 is 0. The van der Waals surface area contributed by atoms with Gasteiger partial charge < -0.3 is 9.80 Å². The maximum Gasteiger partial charge on any atom is 0.272 e. The standard InChI is InChI=1S/C37H41N5O3/c38-24-28-3-5-29(6-4-28)26-40-19-13-27(14-20-40)23-35(43)32-9-12-34(39-25-32)37(45)42-21-15-31(16-22-42)36(44)30-7-10-33(11-8-30)41-17-1-2-18-41/h3-12,25,27,31H,1-2,13-23,26H2. The van der Waals surface area contributed by atoms with Crippen LogP contribution in [0.3, 0.4) is 0 Å². The zero-order valence-electron chi connectivity index (χ0n) is 25.9. The first kappa shape index (κ1) is 30.7. The van der Waals surface area contributed by atoms with Crippen molar-refractivity contribution >= 4 is 23.2 Å². The monoisotopic (exact) mass is 603 g/mol. The Bertz CT molecular complexity index is 1520. The van der Waals surface area contributed by atoms with Gasteiger partial charge in [0.2, 0.25) is 0 Å². The number of carbonyl (C=O) groups excluding carboxylic acids is 3. The average molecular weight is 604 g/mol. The van der Waals surface area contributed by atoms with E-state index in [0.29, 0.717) is 55.1 Å². The van der Waals surface area contributed by atoms with E-state index in [1.165, 1.54) is 30.3 Å². The summed E-state index contributed by atoms with van der Waals surface area (Å²) in [5.74, 6) is 0.336. The van der Waals surface area contributed by atoms with Crippen LogP contribution in [0.15, 0.2) is 66.9 Å². The van der Waals surface area contributed by atoms with Crippen LogP contribution in [0.2, 0.25) is 0 Å². The quantitative estimate of drug-likeness (QED) is 0.286. The molecule has 3 aromatic rings. The molecule has 0 saturated carbocycles. The molecule has 45 heavy (non-hydrogen) atoms. The first-order valence-electron chi connectivity index (χ1n) is 16.4. The topological polar surface area (TPSA) is 97.6 Å². The third-order valence-electron chi connectivity index (χ3n) is 9.75. The second-order valence-electron chi connectivity index (χ2n) is 12.8. The van der Waals surface area contributed by atoms with Gasteiger partial charge in [0.1, 0.15) is 5.69 Å². The van der Waals surface area contributed by atoms with Crippen molar-refractivity contribution in [1.29, 1.82) is 5.26 Å². The third kappa shape index (κ3) is 7.49. The van der Waals surface area contributed by atoms with E-state index in [0.717, 1.165) is 51.1 Å². The van der Waals surface area contributed by atoms with Crippen molar-refractivity contribution in [2.45, 2.75) is 51.5 Å². The zero-order valence-corrected chi connectivity index (χ0v) is 25.9. The van der Waals surface area contributed by atoms with Gasteiger partial charge >= 0.3 is 0 Å². The molecule has 8 nitrogen and oxygen atoms in total. The van der Waals surface area contributed by atoms with Gasteiger partial charge in [0.25, 0.3) is 5.91 Å². The summed E-state index contributed by atoms with van der Waals surface area (Å²) in [5, 5.41) is 8.99. The third-order valence-corrected chi connectivity index (χ3v) is 9.75. The highest BCUT2D eigenvalue weighted by molar-refractivity contribution is 5.99. The van der Waals surface area contributed by atoms with Gasteiger partial charge in [0, 0.05) is 68.1 Å². The molecular weight excluding hydrogens is 562 g/mol. The van der Waals surface area contributed by atoms with Crippen LogP contribution in [0.5, 0.6) is 0 Å². The van der Waals surface area contributed by atoms with Crippen LogP contribution >= 0.6 is 0 Å². The first-order chi connectivity index (χ1) is 22.0. The Balaban J connectivity index is 0.940. The number of hydrogen-bond acceptors (Lipinski definition) is 7. The molecular formula is C37H41N5O3. The molecule has 2 aromatic carbocycles. The molecule has 0 bridgehead atoms. The van der Waals surface area contributed by atoms with E-state index in [9.17, 15) is 14.4 Å². The molecule has 0 spiro atoms. The molecule has 3 fully saturated rings. The number of rotatable bonds is 9. The summed E-state index contributed by atoms with van der Waals surface area (Å²) in [4.78, 5) is 50.3. The van der Waals surface area contributed by atoms with Crippen LogP contribution in [0.1, 0.15) is 87.3 Å². The minimum Gasteiger partial charge on any atom is -0.372 e. The summed E-state index contributed by atoms with van der Waals surface area (Å²) in [6.07, 6.45) is 7.69. The van der Waals surface area contributed by atoms with E-state index < -0.39 is 0 Å². The Morgan fingerprint density at radius 2 is 1.44 bits per heavy atom. The largest absolute Gasteiger partial charge is 0.372 e. The Labute approximate surface area is 265 Å². The number of benzene rings is 2. The number of amides is 1. The molecule has 6 rings (SSSR count). The molecule has 3 aliphatic heterocycles. The molecule has 3 aliphatic rings. The minimum absolute atomic E-state index is 0.0693. The molecule has 0 aliphatic carbocycles. The minimum atomic E-state index is -0.149. The Hall–Kier alpha value is -4.35. The maximum absolute atomic E-state index is 13.2. The van der Waals surface area contributed by atoms with Crippen molar-refractivity contribution in [2.75, 3.05) is 44.2 Å². The second kappa shape index (κ2) is 14.2. The number of ketones is 2. The molecule has 8 heteroatoms.